The van der Waals surface area contributed by atoms with Crippen LogP contribution in [0.4, 0.5) is 4.39 Å². The number of hydrogen-bond donors (Lipinski definition) is 1. The molecular formula is C11H14FNO3S. The van der Waals surface area contributed by atoms with Crippen LogP contribution in [-0.4, -0.2) is 33.6 Å². The topological polar surface area (TPSA) is 55.4 Å². The Morgan fingerprint density at radius 1 is 1.47 bits per heavy atom. The van der Waals surface area contributed by atoms with Crippen LogP contribution >= 0.6 is 0 Å². The molecule has 1 N–H and O–H groups in total. The van der Waals surface area contributed by atoms with Crippen LogP contribution in [0.1, 0.15) is 5.56 Å². The summed E-state index contributed by atoms with van der Waals surface area (Å²) >= 11 is 0. The summed E-state index contributed by atoms with van der Waals surface area (Å²) in [5, 5.41) is 2.96. The number of morpholine rings is 1. The lowest BCUT2D eigenvalue weighted by Crippen LogP contribution is -2.43. The highest BCUT2D eigenvalue weighted by molar-refractivity contribution is 7.92. The van der Waals surface area contributed by atoms with Crippen molar-refractivity contribution >= 4 is 9.84 Å². The van der Waals surface area contributed by atoms with Crippen molar-refractivity contribution in [1.82, 2.24) is 5.32 Å². The highest BCUT2D eigenvalue weighted by Gasteiger charge is 2.30. The van der Waals surface area contributed by atoms with Crippen molar-refractivity contribution in [2.45, 2.75) is 17.3 Å². The van der Waals surface area contributed by atoms with Crippen molar-refractivity contribution in [1.29, 1.82) is 0 Å². The summed E-state index contributed by atoms with van der Waals surface area (Å²) in [4.78, 5) is 0.102. The second-order valence-electron chi connectivity index (χ2n) is 3.96. The molecular weight excluding hydrogens is 245 g/mol. The van der Waals surface area contributed by atoms with Crippen molar-refractivity contribution in [3.63, 3.8) is 0 Å². The first-order chi connectivity index (χ1) is 8.01. The Morgan fingerprint density at radius 3 is 2.82 bits per heavy atom. The number of nitrogens with one attached hydrogen (secondary N) is 1. The summed E-state index contributed by atoms with van der Waals surface area (Å²) in [6, 6.07) is 3.77. The van der Waals surface area contributed by atoms with Crippen molar-refractivity contribution in [3.05, 3.63) is 29.6 Å². The standard InChI is InChI=1S/C11H14FNO3S/c1-8-6-9(2-3-10(8)12)17(14,15)11-7-13-4-5-16-11/h2-3,6,11,13H,4-5,7H2,1H3. The molecule has 6 heteroatoms. The molecule has 4 nitrogen and oxygen atoms in total. The molecule has 0 amide bonds. The third kappa shape index (κ3) is 2.48. The zero-order valence-corrected chi connectivity index (χ0v) is 10.3. The Labute approximate surface area is 99.7 Å². The first-order valence-electron chi connectivity index (χ1n) is 5.34. The van der Waals surface area contributed by atoms with Crippen LogP contribution < -0.4 is 5.32 Å². The molecule has 2 rings (SSSR count). The summed E-state index contributed by atoms with van der Waals surface area (Å²) in [5.41, 5.74) is -0.573. The zero-order valence-electron chi connectivity index (χ0n) is 9.44. The number of halogens is 1. The smallest absolute Gasteiger partial charge is 0.206 e. The van der Waals surface area contributed by atoms with E-state index in [9.17, 15) is 12.8 Å². The van der Waals surface area contributed by atoms with Gasteiger partial charge in [0.05, 0.1) is 11.5 Å². The fraction of sp³-hybridized carbons (Fsp3) is 0.455. The van der Waals surface area contributed by atoms with Crippen molar-refractivity contribution in [2.75, 3.05) is 19.7 Å². The molecule has 1 fully saturated rings. The first kappa shape index (κ1) is 12.5. The summed E-state index contributed by atoms with van der Waals surface area (Å²) < 4.78 is 42.6. The van der Waals surface area contributed by atoms with Gasteiger partial charge >= 0.3 is 0 Å². The van der Waals surface area contributed by atoms with E-state index in [1.165, 1.54) is 25.1 Å². The van der Waals surface area contributed by atoms with Crippen LogP contribution in [0, 0.1) is 12.7 Å². The van der Waals surface area contributed by atoms with Crippen molar-refractivity contribution < 1.29 is 17.5 Å². The summed E-state index contributed by atoms with van der Waals surface area (Å²) in [5.74, 6) is -0.411. The lowest BCUT2D eigenvalue weighted by Gasteiger charge is -2.23. The van der Waals surface area contributed by atoms with Crippen molar-refractivity contribution in [3.8, 4) is 0 Å². The minimum atomic E-state index is -3.55. The molecule has 1 aliphatic heterocycles. The molecule has 17 heavy (non-hydrogen) atoms. The molecule has 0 aromatic heterocycles. The Balaban J connectivity index is 2.33. The van der Waals surface area contributed by atoms with Gasteiger partial charge in [-0.15, -0.1) is 0 Å². The van der Waals surface area contributed by atoms with Gasteiger partial charge in [0, 0.05) is 13.1 Å². The van der Waals surface area contributed by atoms with Gasteiger partial charge in [0.25, 0.3) is 0 Å². The lowest BCUT2D eigenvalue weighted by molar-refractivity contribution is 0.0785. The minimum absolute atomic E-state index is 0.102. The van der Waals surface area contributed by atoms with E-state index in [1.807, 2.05) is 0 Å². The van der Waals surface area contributed by atoms with E-state index in [2.05, 4.69) is 5.32 Å². The predicted molar refractivity (Wildman–Crippen MR) is 60.9 cm³/mol. The van der Waals surface area contributed by atoms with Crippen LogP contribution in [0.15, 0.2) is 23.1 Å². The van der Waals surface area contributed by atoms with E-state index >= 15 is 0 Å². The molecule has 0 radical (unpaired) electrons. The molecule has 0 aliphatic carbocycles. The van der Waals surface area contributed by atoms with Gasteiger partial charge in [0.2, 0.25) is 9.84 Å². The molecule has 1 saturated heterocycles. The minimum Gasteiger partial charge on any atom is -0.359 e. The van der Waals surface area contributed by atoms with Crippen LogP contribution in [0.25, 0.3) is 0 Å². The summed E-state index contributed by atoms with van der Waals surface area (Å²) in [6.07, 6.45) is 0. The predicted octanol–water partition coefficient (Wildman–Crippen LogP) is 0.854. The van der Waals surface area contributed by atoms with Gasteiger partial charge < -0.3 is 10.1 Å². The summed E-state index contributed by atoms with van der Waals surface area (Å²) in [6.45, 7) is 2.81. The van der Waals surface area contributed by atoms with Gasteiger partial charge in [0.1, 0.15) is 5.82 Å². The van der Waals surface area contributed by atoms with E-state index in [1.54, 1.807) is 0 Å². The van der Waals surface area contributed by atoms with Crippen LogP contribution in [-0.2, 0) is 14.6 Å². The lowest BCUT2D eigenvalue weighted by atomic mass is 10.2. The van der Waals surface area contributed by atoms with Crippen LogP contribution in [0.3, 0.4) is 0 Å². The average Bonchev–Trinajstić information content (AvgIpc) is 2.33. The Morgan fingerprint density at radius 2 is 2.24 bits per heavy atom. The van der Waals surface area contributed by atoms with E-state index in [0.29, 0.717) is 18.7 Å². The monoisotopic (exact) mass is 259 g/mol. The molecule has 0 bridgehead atoms. The van der Waals surface area contributed by atoms with Crippen molar-refractivity contribution in [2.24, 2.45) is 0 Å². The largest absolute Gasteiger partial charge is 0.359 e. The zero-order chi connectivity index (χ0) is 12.5. The maximum absolute atomic E-state index is 13.1. The third-order valence-corrected chi connectivity index (χ3v) is 4.60. The number of benzene rings is 1. The van der Waals surface area contributed by atoms with Gasteiger partial charge in [-0.2, -0.15) is 0 Å². The second kappa shape index (κ2) is 4.72. The number of hydrogen-bond acceptors (Lipinski definition) is 4. The number of sulfone groups is 1. The quantitative estimate of drug-likeness (QED) is 0.800. The number of rotatable bonds is 2. The Kier molecular flexibility index (Phi) is 3.46. The Bertz CT molecular complexity index is 509. The fourth-order valence-electron chi connectivity index (χ4n) is 1.69. The van der Waals surface area contributed by atoms with Gasteiger partial charge in [-0.05, 0) is 30.7 Å². The fourth-order valence-corrected chi connectivity index (χ4v) is 3.20. The van der Waals surface area contributed by atoms with E-state index in [4.69, 9.17) is 4.74 Å². The highest BCUT2D eigenvalue weighted by Crippen LogP contribution is 2.20. The van der Waals surface area contributed by atoms with E-state index < -0.39 is 21.1 Å². The molecule has 1 atom stereocenters. The Hall–Kier alpha value is -0.980. The molecule has 0 spiro atoms. The molecule has 1 aromatic rings. The highest BCUT2D eigenvalue weighted by atomic mass is 32.2. The summed E-state index contributed by atoms with van der Waals surface area (Å²) in [7, 11) is -3.55. The van der Waals surface area contributed by atoms with Gasteiger partial charge in [-0.25, -0.2) is 12.8 Å². The normalized spacial score (nSPS) is 21.4. The molecule has 1 aliphatic rings. The van der Waals surface area contributed by atoms with E-state index in [-0.39, 0.29) is 11.4 Å². The molecule has 1 aromatic carbocycles. The molecule has 1 unspecified atom stereocenters. The SMILES string of the molecule is Cc1cc(S(=O)(=O)C2CNCCO2)ccc1F. The third-order valence-electron chi connectivity index (χ3n) is 2.70. The number of aryl methyl sites for hydroxylation is 1. The van der Waals surface area contributed by atoms with Crippen LogP contribution in [0.5, 0.6) is 0 Å². The van der Waals surface area contributed by atoms with Gasteiger partial charge in [0.15, 0.2) is 5.44 Å². The van der Waals surface area contributed by atoms with Crippen LogP contribution in [0.2, 0.25) is 0 Å². The van der Waals surface area contributed by atoms with E-state index in [0.717, 1.165) is 0 Å². The van der Waals surface area contributed by atoms with Gasteiger partial charge in [-0.1, -0.05) is 0 Å². The molecule has 94 valence electrons. The molecule has 0 saturated carbocycles. The first-order valence-corrected chi connectivity index (χ1v) is 6.89. The molecule has 1 heterocycles. The maximum Gasteiger partial charge on any atom is 0.206 e. The average molecular weight is 259 g/mol. The second-order valence-corrected chi connectivity index (χ2v) is 6.05. The number of ether oxygens (including phenoxy) is 1. The maximum atomic E-state index is 13.1. The van der Waals surface area contributed by atoms with Gasteiger partial charge in [-0.3, -0.25) is 0 Å².